The lowest BCUT2D eigenvalue weighted by Crippen LogP contribution is -2.42. The molecule has 0 atom stereocenters. The van der Waals surface area contributed by atoms with E-state index >= 15 is 0 Å². The maximum absolute atomic E-state index is 13.5. The third kappa shape index (κ3) is 12.9. The zero-order chi connectivity index (χ0) is 42.7. The Morgan fingerprint density at radius 1 is 0.678 bits per heavy atom. The largest absolute Gasteiger partial charge is 0.444 e. The van der Waals surface area contributed by atoms with Gasteiger partial charge in [0.15, 0.2) is 6.73 Å². The van der Waals surface area contributed by atoms with Crippen LogP contribution in [0.15, 0.2) is 70.3 Å². The fourth-order valence-corrected chi connectivity index (χ4v) is 7.72. The van der Waals surface area contributed by atoms with E-state index in [-0.39, 0.29) is 47.8 Å². The fourth-order valence-electron chi connectivity index (χ4n) is 7.72. The van der Waals surface area contributed by atoms with Crippen molar-refractivity contribution in [1.82, 2.24) is 19.4 Å². The Bertz CT molecular complexity index is 2160. The van der Waals surface area contributed by atoms with Crippen molar-refractivity contribution in [3.05, 3.63) is 92.5 Å². The zero-order valence-corrected chi connectivity index (χ0v) is 36.1. The summed E-state index contributed by atoms with van der Waals surface area (Å²) >= 11 is 0. The first-order valence-electron chi connectivity index (χ1n) is 21.4. The van der Waals surface area contributed by atoms with Gasteiger partial charge in [-0.25, -0.2) is 9.59 Å². The van der Waals surface area contributed by atoms with Crippen molar-refractivity contribution in [2.45, 2.75) is 142 Å². The van der Waals surface area contributed by atoms with Crippen LogP contribution < -0.4 is 11.1 Å². The van der Waals surface area contributed by atoms with Gasteiger partial charge in [0, 0.05) is 49.2 Å². The van der Waals surface area contributed by atoms with E-state index in [9.17, 15) is 24.0 Å². The fraction of sp³-hybridized carbons (Fsp3) is 0.553. The molecule has 0 saturated carbocycles. The summed E-state index contributed by atoms with van der Waals surface area (Å²) in [5.41, 5.74) is 1.97. The predicted molar refractivity (Wildman–Crippen MR) is 232 cm³/mol. The van der Waals surface area contributed by atoms with Crippen molar-refractivity contribution in [1.29, 1.82) is 0 Å². The van der Waals surface area contributed by atoms with Gasteiger partial charge in [-0.15, -0.1) is 0 Å². The SMILES string of the molecule is CC(C)(C)OC(=O)N1CCC(c2cc3ccccc3[nH]c2=O)CC1.CCCCCCCC(=O)OCn1c(=O)c(C2CCN(C(=O)OC(C)(C)C)CC2)cc2ccccc21. The van der Waals surface area contributed by atoms with Crippen molar-refractivity contribution in [2.75, 3.05) is 26.2 Å². The van der Waals surface area contributed by atoms with Gasteiger partial charge in [0.1, 0.15) is 11.2 Å². The molecule has 6 rings (SSSR count). The second-order valence-electron chi connectivity index (χ2n) is 17.8. The number of pyridine rings is 2. The van der Waals surface area contributed by atoms with Gasteiger partial charge in [-0.1, -0.05) is 69.0 Å². The van der Waals surface area contributed by atoms with Gasteiger partial charge in [-0.3, -0.25) is 19.0 Å². The van der Waals surface area contributed by atoms with Gasteiger partial charge in [0.05, 0.1) is 5.52 Å². The van der Waals surface area contributed by atoms with Crippen LogP contribution in [0.2, 0.25) is 0 Å². The van der Waals surface area contributed by atoms with Gasteiger partial charge in [-0.2, -0.15) is 0 Å². The van der Waals surface area contributed by atoms with Crippen LogP contribution >= 0.6 is 0 Å². The third-order valence-corrected chi connectivity index (χ3v) is 10.8. The molecule has 0 aliphatic carbocycles. The Morgan fingerprint density at radius 2 is 1.19 bits per heavy atom. The highest BCUT2D eigenvalue weighted by Gasteiger charge is 2.30. The number of esters is 1. The number of benzene rings is 2. The minimum Gasteiger partial charge on any atom is -0.444 e. The topological polar surface area (TPSA) is 140 Å². The molecule has 0 spiro atoms. The summed E-state index contributed by atoms with van der Waals surface area (Å²) in [5.74, 6) is -0.0584. The minimum absolute atomic E-state index is 0.0237. The third-order valence-electron chi connectivity index (χ3n) is 10.8. The van der Waals surface area contributed by atoms with E-state index in [0.717, 1.165) is 65.9 Å². The molecule has 2 aromatic carbocycles. The molecular weight excluding hydrogens is 749 g/mol. The maximum Gasteiger partial charge on any atom is 0.410 e. The Morgan fingerprint density at radius 3 is 1.76 bits per heavy atom. The predicted octanol–water partition coefficient (Wildman–Crippen LogP) is 9.62. The van der Waals surface area contributed by atoms with E-state index in [0.29, 0.717) is 51.0 Å². The summed E-state index contributed by atoms with van der Waals surface area (Å²) in [6.07, 6.45) is 8.02. The number of para-hydroxylation sites is 2. The molecule has 2 amide bonds. The molecule has 1 N–H and O–H groups in total. The van der Waals surface area contributed by atoms with Gasteiger partial charge < -0.3 is 29.0 Å². The zero-order valence-electron chi connectivity index (χ0n) is 36.1. The van der Waals surface area contributed by atoms with E-state index < -0.39 is 11.2 Å². The Kier molecular flexibility index (Phi) is 15.4. The molecule has 0 bridgehead atoms. The number of H-pyrrole nitrogens is 1. The molecule has 59 heavy (non-hydrogen) atoms. The van der Waals surface area contributed by atoms with Crippen molar-refractivity contribution in [3.8, 4) is 0 Å². The number of likely N-dealkylation sites (tertiary alicyclic amines) is 2. The summed E-state index contributed by atoms with van der Waals surface area (Å²) in [6, 6.07) is 19.4. The van der Waals surface area contributed by atoms with Crippen LogP contribution in [0.25, 0.3) is 21.8 Å². The van der Waals surface area contributed by atoms with Crippen molar-refractivity contribution in [2.24, 2.45) is 0 Å². The monoisotopic (exact) mass is 812 g/mol. The number of carbonyl (C=O) groups excluding carboxylic acids is 3. The molecule has 4 aromatic rings. The lowest BCUT2D eigenvalue weighted by atomic mass is 9.89. The van der Waals surface area contributed by atoms with Crippen LogP contribution in [0.1, 0.15) is 136 Å². The van der Waals surface area contributed by atoms with Crippen LogP contribution in [-0.2, 0) is 25.7 Å². The second-order valence-corrected chi connectivity index (χ2v) is 17.8. The number of carbonyl (C=O) groups is 3. The van der Waals surface area contributed by atoms with E-state index in [1.165, 1.54) is 6.42 Å². The average Bonchev–Trinajstić information content (AvgIpc) is 3.19. The number of hydrogen-bond donors (Lipinski definition) is 1. The normalized spacial score (nSPS) is 15.4. The Balaban J connectivity index is 0.000000240. The highest BCUT2D eigenvalue weighted by molar-refractivity contribution is 5.80. The van der Waals surface area contributed by atoms with Crippen molar-refractivity contribution in [3.63, 3.8) is 0 Å². The van der Waals surface area contributed by atoms with Crippen molar-refractivity contribution >= 4 is 40.0 Å². The number of hydrogen-bond acceptors (Lipinski definition) is 8. The van der Waals surface area contributed by atoms with Crippen LogP contribution in [-0.4, -0.2) is 74.9 Å². The summed E-state index contributed by atoms with van der Waals surface area (Å²) in [5, 5.41) is 1.98. The first-order valence-corrected chi connectivity index (χ1v) is 21.4. The van der Waals surface area contributed by atoms with Crippen LogP contribution in [0.4, 0.5) is 9.59 Å². The molecule has 12 nitrogen and oxygen atoms in total. The highest BCUT2D eigenvalue weighted by atomic mass is 16.6. The van der Waals surface area contributed by atoms with Crippen LogP contribution in [0.5, 0.6) is 0 Å². The maximum atomic E-state index is 13.5. The number of aromatic amines is 1. The Labute approximate surface area is 348 Å². The summed E-state index contributed by atoms with van der Waals surface area (Å²) in [4.78, 5) is 69.1. The molecule has 2 saturated heterocycles. The summed E-state index contributed by atoms with van der Waals surface area (Å²) in [7, 11) is 0. The highest BCUT2D eigenvalue weighted by Crippen LogP contribution is 2.30. The molecule has 2 aliphatic rings. The number of aromatic nitrogens is 2. The summed E-state index contributed by atoms with van der Waals surface area (Å²) < 4.78 is 18.0. The molecule has 320 valence electrons. The average molecular weight is 813 g/mol. The second kappa shape index (κ2) is 20.2. The van der Waals surface area contributed by atoms with E-state index in [1.54, 1.807) is 14.4 Å². The number of piperidine rings is 2. The summed E-state index contributed by atoms with van der Waals surface area (Å²) in [6.45, 7) is 15.6. The lowest BCUT2D eigenvalue weighted by Gasteiger charge is -2.33. The van der Waals surface area contributed by atoms with E-state index in [4.69, 9.17) is 14.2 Å². The van der Waals surface area contributed by atoms with E-state index in [1.807, 2.05) is 102 Å². The number of nitrogens with zero attached hydrogens (tertiary/aromatic N) is 3. The van der Waals surface area contributed by atoms with Crippen molar-refractivity contribution < 1.29 is 28.6 Å². The molecule has 4 heterocycles. The van der Waals surface area contributed by atoms with E-state index in [2.05, 4.69) is 11.9 Å². The number of unbranched alkanes of at least 4 members (excludes halogenated alkanes) is 4. The molecule has 2 fully saturated rings. The first kappa shape index (κ1) is 45.0. The number of nitrogens with one attached hydrogen (secondary N) is 1. The van der Waals surface area contributed by atoms with Crippen LogP contribution in [0.3, 0.4) is 0 Å². The smallest absolute Gasteiger partial charge is 0.410 e. The minimum atomic E-state index is -0.535. The molecule has 12 heteroatoms. The molecular formula is C47H64N4O8. The van der Waals surface area contributed by atoms with Gasteiger partial charge >= 0.3 is 18.2 Å². The van der Waals surface area contributed by atoms with Crippen LogP contribution in [0, 0.1) is 0 Å². The molecule has 2 aliphatic heterocycles. The molecule has 2 aromatic heterocycles. The quantitative estimate of drug-likeness (QED) is 0.0949. The molecule has 0 unspecified atom stereocenters. The first-order chi connectivity index (χ1) is 28.0. The standard InChI is InChI=1S/C28H40N2O5.C19H24N2O3/c1-5-6-7-8-9-14-25(31)34-20-30-24-13-11-10-12-22(24)19-23(26(30)32)21-15-17-29(18-16-21)27(33)35-28(2,3)4;1-19(2,3)24-18(23)21-10-8-13(9-11-21)15-12-14-6-4-5-7-16(14)20-17(15)22/h10-13,19,21H,5-9,14-18,20H2,1-4H3;4-7,12-13H,8-11H2,1-3H3,(H,20,22). The number of amides is 2. The Hall–Kier alpha value is -5.13. The lowest BCUT2D eigenvalue weighted by molar-refractivity contribution is -0.147. The molecule has 0 radical (unpaired) electrons. The van der Waals surface area contributed by atoms with Gasteiger partial charge in [0.25, 0.3) is 11.1 Å². The number of rotatable bonds is 10. The van der Waals surface area contributed by atoms with Gasteiger partial charge in [0.2, 0.25) is 0 Å². The number of fused-ring (bicyclic) bond motifs is 2. The number of ether oxygens (including phenoxy) is 3. The van der Waals surface area contributed by atoms with Gasteiger partial charge in [-0.05, 0) is 121 Å².